The van der Waals surface area contributed by atoms with Crippen LogP contribution in [0.3, 0.4) is 0 Å². The van der Waals surface area contributed by atoms with E-state index in [1.54, 1.807) is 23.9 Å². The molecule has 1 aromatic heterocycles. The summed E-state index contributed by atoms with van der Waals surface area (Å²) in [6, 6.07) is 5.44. The molecule has 1 N–H and O–H groups in total. The Hall–Kier alpha value is -2.10. The van der Waals surface area contributed by atoms with Crippen molar-refractivity contribution in [3.8, 4) is 11.1 Å². The lowest BCUT2D eigenvalue weighted by molar-refractivity contribution is 0.0696. The first kappa shape index (κ1) is 11.4. The van der Waals surface area contributed by atoms with Gasteiger partial charge >= 0.3 is 5.97 Å². The van der Waals surface area contributed by atoms with Crippen LogP contribution in [0.25, 0.3) is 11.1 Å². The van der Waals surface area contributed by atoms with Crippen LogP contribution in [0.2, 0.25) is 0 Å². The first-order valence-corrected chi connectivity index (χ1v) is 5.33. The molecule has 1 heterocycles. The van der Waals surface area contributed by atoms with Gasteiger partial charge in [0.05, 0.1) is 11.8 Å². The molecular formula is C13H14N2O2. The van der Waals surface area contributed by atoms with Gasteiger partial charge in [-0.2, -0.15) is 5.10 Å². The fraction of sp³-hybridized carbons (Fsp3) is 0.231. The average Bonchev–Trinajstić information content (AvgIpc) is 2.60. The molecule has 0 saturated heterocycles. The monoisotopic (exact) mass is 230 g/mol. The van der Waals surface area contributed by atoms with Crippen molar-refractivity contribution in [1.82, 2.24) is 9.78 Å². The highest BCUT2D eigenvalue weighted by atomic mass is 16.4. The number of hydrogen-bond donors (Lipinski definition) is 1. The van der Waals surface area contributed by atoms with Crippen LogP contribution < -0.4 is 0 Å². The van der Waals surface area contributed by atoms with Crippen molar-refractivity contribution in [3.05, 3.63) is 41.2 Å². The summed E-state index contributed by atoms with van der Waals surface area (Å²) in [5, 5.41) is 13.2. The maximum atomic E-state index is 11.1. The van der Waals surface area contributed by atoms with Crippen LogP contribution in [0, 0.1) is 13.8 Å². The number of benzene rings is 1. The Morgan fingerprint density at radius 1 is 1.35 bits per heavy atom. The van der Waals surface area contributed by atoms with Crippen molar-refractivity contribution in [2.24, 2.45) is 7.05 Å². The summed E-state index contributed by atoms with van der Waals surface area (Å²) >= 11 is 0. The Morgan fingerprint density at radius 2 is 2.06 bits per heavy atom. The van der Waals surface area contributed by atoms with Gasteiger partial charge in [0, 0.05) is 18.3 Å². The molecule has 4 nitrogen and oxygen atoms in total. The molecule has 17 heavy (non-hydrogen) atoms. The molecule has 88 valence electrons. The smallest absolute Gasteiger partial charge is 0.335 e. The Labute approximate surface area is 99.5 Å². The fourth-order valence-electron chi connectivity index (χ4n) is 1.80. The highest BCUT2D eigenvalue weighted by Gasteiger charge is 2.11. The zero-order chi connectivity index (χ0) is 12.6. The molecule has 0 aliphatic heterocycles. The molecule has 0 saturated carbocycles. The summed E-state index contributed by atoms with van der Waals surface area (Å²) in [5.74, 6) is -0.897. The minimum absolute atomic E-state index is 0.339. The summed E-state index contributed by atoms with van der Waals surface area (Å²) in [7, 11) is 1.87. The molecule has 2 rings (SSSR count). The van der Waals surface area contributed by atoms with E-state index in [4.69, 9.17) is 5.11 Å². The van der Waals surface area contributed by atoms with Crippen LogP contribution in [0.4, 0.5) is 0 Å². The average molecular weight is 230 g/mol. The molecular weight excluding hydrogens is 216 g/mol. The first-order chi connectivity index (χ1) is 8.00. The second-order valence-corrected chi connectivity index (χ2v) is 4.10. The van der Waals surface area contributed by atoms with Gasteiger partial charge in [-0.3, -0.25) is 4.68 Å². The molecule has 0 bridgehead atoms. The number of carboxylic acid groups (broad SMARTS) is 1. The Kier molecular flexibility index (Phi) is 2.71. The zero-order valence-corrected chi connectivity index (χ0v) is 10.1. The van der Waals surface area contributed by atoms with Crippen molar-refractivity contribution in [3.63, 3.8) is 0 Å². The number of rotatable bonds is 2. The minimum Gasteiger partial charge on any atom is -0.478 e. The van der Waals surface area contributed by atoms with E-state index in [-0.39, 0.29) is 0 Å². The lowest BCUT2D eigenvalue weighted by Gasteiger charge is -2.05. The van der Waals surface area contributed by atoms with Crippen molar-refractivity contribution < 1.29 is 9.90 Å². The number of carboxylic acids is 1. The Morgan fingerprint density at radius 3 is 2.59 bits per heavy atom. The van der Waals surface area contributed by atoms with Gasteiger partial charge < -0.3 is 5.11 Å². The summed E-state index contributed by atoms with van der Waals surface area (Å²) in [6.45, 7) is 3.76. The van der Waals surface area contributed by atoms with Crippen LogP contribution in [-0.4, -0.2) is 20.9 Å². The number of aromatic carboxylic acids is 1. The van der Waals surface area contributed by atoms with Gasteiger partial charge in [0.2, 0.25) is 0 Å². The van der Waals surface area contributed by atoms with Gasteiger partial charge in [0.15, 0.2) is 0 Å². The summed E-state index contributed by atoms with van der Waals surface area (Å²) in [4.78, 5) is 11.1. The van der Waals surface area contributed by atoms with Gasteiger partial charge in [-0.15, -0.1) is 0 Å². The second-order valence-electron chi connectivity index (χ2n) is 4.10. The maximum Gasteiger partial charge on any atom is 0.335 e. The van der Waals surface area contributed by atoms with E-state index >= 15 is 0 Å². The SMILES string of the molecule is Cc1ccc(-c2cnn(C)c2C)cc1C(=O)O. The number of hydrogen-bond acceptors (Lipinski definition) is 2. The molecule has 0 spiro atoms. The van der Waals surface area contributed by atoms with Crippen molar-refractivity contribution >= 4 is 5.97 Å². The summed E-state index contributed by atoms with van der Waals surface area (Å²) < 4.78 is 1.77. The minimum atomic E-state index is -0.897. The van der Waals surface area contributed by atoms with Crippen molar-refractivity contribution in [2.75, 3.05) is 0 Å². The third-order valence-corrected chi connectivity index (χ3v) is 3.01. The van der Waals surface area contributed by atoms with Gasteiger partial charge in [-0.1, -0.05) is 12.1 Å². The number of aromatic nitrogens is 2. The maximum absolute atomic E-state index is 11.1. The highest BCUT2D eigenvalue weighted by molar-refractivity contribution is 5.91. The number of carbonyl (C=O) groups is 1. The van der Waals surface area contributed by atoms with Gasteiger partial charge in [0.25, 0.3) is 0 Å². The molecule has 1 aromatic carbocycles. The van der Waals surface area contributed by atoms with Crippen LogP contribution in [0.1, 0.15) is 21.6 Å². The van der Waals surface area contributed by atoms with Crippen molar-refractivity contribution in [1.29, 1.82) is 0 Å². The van der Waals surface area contributed by atoms with E-state index in [0.717, 1.165) is 22.4 Å². The molecule has 2 aromatic rings. The molecule has 4 heteroatoms. The quantitative estimate of drug-likeness (QED) is 0.861. The molecule has 0 aliphatic rings. The molecule has 0 radical (unpaired) electrons. The van der Waals surface area contributed by atoms with Crippen molar-refractivity contribution in [2.45, 2.75) is 13.8 Å². The summed E-state index contributed by atoms with van der Waals surface area (Å²) in [6.07, 6.45) is 1.76. The number of nitrogens with zero attached hydrogens (tertiary/aromatic N) is 2. The van der Waals surface area contributed by atoms with Crippen LogP contribution >= 0.6 is 0 Å². The van der Waals surface area contributed by atoms with Crippen LogP contribution in [0.15, 0.2) is 24.4 Å². The molecule has 0 fully saturated rings. The lowest BCUT2D eigenvalue weighted by atomic mass is 10.0. The van der Waals surface area contributed by atoms with Crippen LogP contribution in [0.5, 0.6) is 0 Å². The predicted molar refractivity (Wildman–Crippen MR) is 65.1 cm³/mol. The third kappa shape index (κ3) is 1.93. The van der Waals surface area contributed by atoms with Gasteiger partial charge in [-0.05, 0) is 31.0 Å². The molecule has 0 unspecified atom stereocenters. The molecule has 0 amide bonds. The summed E-state index contributed by atoms with van der Waals surface area (Å²) in [5.41, 5.74) is 3.98. The van der Waals surface area contributed by atoms with E-state index in [2.05, 4.69) is 5.10 Å². The van der Waals surface area contributed by atoms with E-state index in [1.807, 2.05) is 26.1 Å². The second kappa shape index (κ2) is 4.05. The van der Waals surface area contributed by atoms with E-state index < -0.39 is 5.97 Å². The topological polar surface area (TPSA) is 55.1 Å². The number of aryl methyl sites for hydroxylation is 2. The Balaban J connectivity index is 2.58. The molecule has 0 aliphatic carbocycles. The standard InChI is InChI=1S/C13H14N2O2/c1-8-4-5-10(6-11(8)13(16)17)12-7-14-15(3)9(12)2/h4-7H,1-3H3,(H,16,17). The first-order valence-electron chi connectivity index (χ1n) is 5.33. The third-order valence-electron chi connectivity index (χ3n) is 3.01. The Bertz CT molecular complexity index is 585. The fourth-order valence-corrected chi connectivity index (χ4v) is 1.80. The lowest BCUT2D eigenvalue weighted by Crippen LogP contribution is -2.00. The highest BCUT2D eigenvalue weighted by Crippen LogP contribution is 2.25. The zero-order valence-electron chi connectivity index (χ0n) is 10.1. The van der Waals surface area contributed by atoms with Crippen LogP contribution in [-0.2, 0) is 7.05 Å². The van der Waals surface area contributed by atoms with E-state index in [1.165, 1.54) is 0 Å². The van der Waals surface area contributed by atoms with E-state index in [0.29, 0.717) is 5.56 Å². The normalized spacial score (nSPS) is 10.5. The molecule has 0 atom stereocenters. The van der Waals surface area contributed by atoms with Gasteiger partial charge in [0.1, 0.15) is 0 Å². The predicted octanol–water partition coefficient (Wildman–Crippen LogP) is 2.40. The van der Waals surface area contributed by atoms with Gasteiger partial charge in [-0.25, -0.2) is 4.79 Å². The van der Waals surface area contributed by atoms with E-state index in [9.17, 15) is 4.79 Å². The largest absolute Gasteiger partial charge is 0.478 e.